The maximum Gasteiger partial charge on any atom is 0.309 e. The third kappa shape index (κ3) is 5.53. The van der Waals surface area contributed by atoms with E-state index in [0.717, 1.165) is 11.3 Å². The van der Waals surface area contributed by atoms with Crippen molar-refractivity contribution in [1.82, 2.24) is 4.31 Å². The van der Waals surface area contributed by atoms with Crippen LogP contribution in [0.3, 0.4) is 0 Å². The number of benzene rings is 1. The van der Waals surface area contributed by atoms with Crippen molar-refractivity contribution in [2.75, 3.05) is 18.4 Å². The van der Waals surface area contributed by atoms with Gasteiger partial charge in [0.05, 0.1) is 5.92 Å². The number of ether oxygens (including phenoxy) is 1. The molecule has 0 spiro atoms. The highest BCUT2D eigenvalue weighted by atomic mass is 35.5. The molecule has 1 atom stereocenters. The van der Waals surface area contributed by atoms with Crippen molar-refractivity contribution < 1.29 is 22.7 Å². The largest absolute Gasteiger partial charge is 0.452 e. The second-order valence-corrected chi connectivity index (χ2v) is 10.8. The van der Waals surface area contributed by atoms with Gasteiger partial charge in [-0.3, -0.25) is 9.59 Å². The zero-order valence-electron chi connectivity index (χ0n) is 16.0. The van der Waals surface area contributed by atoms with Crippen LogP contribution in [0.4, 0.5) is 5.69 Å². The van der Waals surface area contributed by atoms with E-state index in [9.17, 15) is 18.0 Å². The predicted octanol–water partition coefficient (Wildman–Crippen LogP) is 4.03. The number of amides is 1. The van der Waals surface area contributed by atoms with Crippen LogP contribution in [-0.4, -0.2) is 43.8 Å². The van der Waals surface area contributed by atoms with Gasteiger partial charge in [-0.2, -0.15) is 4.31 Å². The summed E-state index contributed by atoms with van der Waals surface area (Å²) in [6.45, 7) is 1.92. The summed E-state index contributed by atoms with van der Waals surface area (Å²) in [5.41, 5.74) is 0.396. The average molecular weight is 491 g/mol. The number of sulfonamides is 1. The van der Waals surface area contributed by atoms with Gasteiger partial charge in [-0.15, -0.1) is 11.3 Å². The first-order valence-corrected chi connectivity index (χ1v) is 12.3. The molecular formula is C19H20Cl2N2O5S2. The standard InChI is InChI=1S/C19H20Cl2N2O5S2/c1-12(18(24)22-16-10-14(20)9-15(21)11-16)28-19(25)13-4-6-23(7-5-13)30(26,27)17-3-2-8-29-17/h2-3,8-13H,4-7H2,1H3,(H,22,24). The van der Waals surface area contributed by atoms with Crippen LogP contribution in [0, 0.1) is 5.92 Å². The SMILES string of the molecule is CC(OC(=O)C1CCN(S(=O)(=O)c2cccs2)CC1)C(=O)Nc1cc(Cl)cc(Cl)c1. The van der Waals surface area contributed by atoms with Crippen molar-refractivity contribution in [1.29, 1.82) is 0 Å². The fraction of sp³-hybridized carbons (Fsp3) is 0.368. The Morgan fingerprint density at radius 2 is 1.83 bits per heavy atom. The quantitative estimate of drug-likeness (QED) is 0.617. The Bertz CT molecular complexity index is 999. The van der Waals surface area contributed by atoms with Crippen LogP contribution >= 0.6 is 34.5 Å². The molecule has 2 aromatic rings. The van der Waals surface area contributed by atoms with E-state index in [1.807, 2.05) is 0 Å². The van der Waals surface area contributed by atoms with Crippen LogP contribution < -0.4 is 5.32 Å². The van der Waals surface area contributed by atoms with Crippen LogP contribution in [-0.2, 0) is 24.3 Å². The first kappa shape index (κ1) is 23.0. The topological polar surface area (TPSA) is 92.8 Å². The fourth-order valence-electron chi connectivity index (χ4n) is 3.06. The number of hydrogen-bond donors (Lipinski definition) is 1. The van der Waals surface area contributed by atoms with E-state index in [4.69, 9.17) is 27.9 Å². The third-order valence-electron chi connectivity index (χ3n) is 4.67. The van der Waals surface area contributed by atoms with Gasteiger partial charge >= 0.3 is 5.97 Å². The highest BCUT2D eigenvalue weighted by Gasteiger charge is 2.34. The van der Waals surface area contributed by atoms with Gasteiger partial charge in [0.1, 0.15) is 4.21 Å². The lowest BCUT2D eigenvalue weighted by Crippen LogP contribution is -2.41. The lowest BCUT2D eigenvalue weighted by molar-refractivity contribution is -0.158. The summed E-state index contributed by atoms with van der Waals surface area (Å²) >= 11 is 13.0. The van der Waals surface area contributed by atoms with Crippen LogP contribution in [0.1, 0.15) is 19.8 Å². The minimum Gasteiger partial charge on any atom is -0.452 e. The molecule has 1 N–H and O–H groups in total. The summed E-state index contributed by atoms with van der Waals surface area (Å²) in [5.74, 6) is -1.50. The molecule has 0 saturated carbocycles. The molecule has 1 fully saturated rings. The van der Waals surface area contributed by atoms with E-state index in [2.05, 4.69) is 5.32 Å². The van der Waals surface area contributed by atoms with Gasteiger partial charge in [-0.25, -0.2) is 8.42 Å². The monoisotopic (exact) mass is 490 g/mol. The minimum atomic E-state index is -3.53. The summed E-state index contributed by atoms with van der Waals surface area (Å²) in [4.78, 5) is 24.8. The molecule has 162 valence electrons. The molecule has 1 aromatic heterocycles. The Morgan fingerprint density at radius 3 is 2.40 bits per heavy atom. The molecule has 2 heterocycles. The number of thiophene rings is 1. The van der Waals surface area contributed by atoms with Gasteiger partial charge in [0.25, 0.3) is 15.9 Å². The van der Waals surface area contributed by atoms with Gasteiger partial charge in [-0.05, 0) is 49.4 Å². The molecule has 1 amide bonds. The van der Waals surface area contributed by atoms with Crippen LogP contribution in [0.25, 0.3) is 0 Å². The van der Waals surface area contributed by atoms with Crippen LogP contribution in [0.15, 0.2) is 39.9 Å². The Morgan fingerprint density at radius 1 is 1.20 bits per heavy atom. The molecule has 1 unspecified atom stereocenters. The summed E-state index contributed by atoms with van der Waals surface area (Å²) in [7, 11) is -3.53. The molecule has 11 heteroatoms. The number of carbonyl (C=O) groups is 2. The number of piperidine rings is 1. The van der Waals surface area contributed by atoms with E-state index in [0.29, 0.717) is 28.6 Å². The smallest absolute Gasteiger partial charge is 0.309 e. The Labute approximate surface area is 189 Å². The Hall–Kier alpha value is -1.65. The van der Waals surface area contributed by atoms with E-state index in [1.54, 1.807) is 17.5 Å². The van der Waals surface area contributed by atoms with Crippen LogP contribution in [0.2, 0.25) is 10.0 Å². The van der Waals surface area contributed by atoms with E-state index < -0.39 is 33.9 Å². The molecule has 1 saturated heterocycles. The van der Waals surface area contributed by atoms with E-state index >= 15 is 0 Å². The lowest BCUT2D eigenvalue weighted by Gasteiger charge is -2.30. The third-order valence-corrected chi connectivity index (χ3v) is 8.38. The van der Waals surface area contributed by atoms with Gasteiger partial charge < -0.3 is 10.1 Å². The normalized spacial score (nSPS) is 16.8. The number of halogens is 2. The second-order valence-electron chi connectivity index (χ2n) is 6.84. The predicted molar refractivity (Wildman–Crippen MR) is 116 cm³/mol. The maximum absolute atomic E-state index is 12.6. The zero-order chi connectivity index (χ0) is 21.9. The summed E-state index contributed by atoms with van der Waals surface area (Å²) in [6.07, 6.45) is -0.355. The van der Waals surface area contributed by atoms with Crippen molar-refractivity contribution >= 4 is 62.1 Å². The summed E-state index contributed by atoms with van der Waals surface area (Å²) in [6, 6.07) is 7.85. The molecule has 1 aliphatic heterocycles. The van der Waals surface area contributed by atoms with Gasteiger partial charge in [-0.1, -0.05) is 29.3 Å². The lowest BCUT2D eigenvalue weighted by atomic mass is 9.98. The summed E-state index contributed by atoms with van der Waals surface area (Å²) in [5, 5.41) is 5.05. The molecule has 0 aliphatic carbocycles. The molecule has 1 aromatic carbocycles. The second kappa shape index (κ2) is 9.65. The zero-order valence-corrected chi connectivity index (χ0v) is 19.2. The van der Waals surface area contributed by atoms with E-state index in [1.165, 1.54) is 29.4 Å². The van der Waals surface area contributed by atoms with E-state index in [-0.39, 0.29) is 17.3 Å². The molecule has 0 bridgehead atoms. The number of esters is 1. The molecule has 1 aliphatic rings. The first-order chi connectivity index (χ1) is 14.2. The first-order valence-electron chi connectivity index (χ1n) is 9.18. The van der Waals surface area contributed by atoms with Crippen molar-refractivity contribution in [3.05, 3.63) is 45.8 Å². The minimum absolute atomic E-state index is 0.224. The maximum atomic E-state index is 12.6. The molecule has 30 heavy (non-hydrogen) atoms. The number of nitrogens with one attached hydrogen (secondary N) is 1. The van der Waals surface area contributed by atoms with Gasteiger partial charge in [0, 0.05) is 28.8 Å². The molecule has 7 nitrogen and oxygen atoms in total. The fourth-order valence-corrected chi connectivity index (χ4v) is 6.20. The number of nitrogens with zero attached hydrogens (tertiary/aromatic N) is 1. The molecule has 3 rings (SSSR count). The Kier molecular flexibility index (Phi) is 7.41. The number of rotatable bonds is 6. The highest BCUT2D eigenvalue weighted by Crippen LogP contribution is 2.27. The number of carbonyl (C=O) groups excluding carboxylic acids is 2. The highest BCUT2D eigenvalue weighted by molar-refractivity contribution is 7.91. The molecule has 0 radical (unpaired) electrons. The van der Waals surface area contributed by atoms with Crippen molar-refractivity contribution in [3.63, 3.8) is 0 Å². The van der Waals surface area contributed by atoms with Crippen molar-refractivity contribution in [3.8, 4) is 0 Å². The van der Waals surface area contributed by atoms with Crippen LogP contribution in [0.5, 0.6) is 0 Å². The Balaban J connectivity index is 1.52. The van der Waals surface area contributed by atoms with Gasteiger partial charge in [0.2, 0.25) is 0 Å². The van der Waals surface area contributed by atoms with Crippen molar-refractivity contribution in [2.24, 2.45) is 5.92 Å². The van der Waals surface area contributed by atoms with Gasteiger partial charge in [0.15, 0.2) is 6.10 Å². The summed E-state index contributed by atoms with van der Waals surface area (Å²) < 4.78 is 32.1. The number of anilines is 1. The molecular weight excluding hydrogens is 471 g/mol. The average Bonchev–Trinajstić information content (AvgIpc) is 3.23. The van der Waals surface area contributed by atoms with Crippen molar-refractivity contribution in [2.45, 2.75) is 30.1 Å². The number of hydrogen-bond acceptors (Lipinski definition) is 6.